The van der Waals surface area contributed by atoms with E-state index in [2.05, 4.69) is 22.2 Å². The molecule has 1 unspecified atom stereocenters. The number of hydrogen-bond acceptors (Lipinski definition) is 6. The van der Waals surface area contributed by atoms with Gasteiger partial charge in [0.2, 0.25) is 0 Å². The molecule has 0 radical (unpaired) electrons. The quantitative estimate of drug-likeness (QED) is 0.361. The topological polar surface area (TPSA) is 64.7 Å². The fourth-order valence-corrected chi connectivity index (χ4v) is 5.14. The number of thiophene rings is 1. The molecule has 28 heavy (non-hydrogen) atoms. The lowest BCUT2D eigenvalue weighted by Crippen LogP contribution is -2.08. The molecule has 4 aromatic rings. The normalized spacial score (nSPS) is 16.9. The Hall–Kier alpha value is -2.51. The summed E-state index contributed by atoms with van der Waals surface area (Å²) >= 11 is 7.89. The number of hydrogen-bond donors (Lipinski definition) is 0. The predicted octanol–water partition coefficient (Wildman–Crippen LogP) is 4.67. The van der Waals surface area contributed by atoms with Crippen LogP contribution in [0.2, 0.25) is 5.02 Å². The van der Waals surface area contributed by atoms with E-state index in [1.807, 2.05) is 24.3 Å². The second-order valence-corrected chi connectivity index (χ2v) is 8.59. The number of benzene rings is 1. The molecule has 0 saturated carbocycles. The lowest BCUT2D eigenvalue weighted by atomic mass is 9.89. The van der Waals surface area contributed by atoms with Gasteiger partial charge in [-0.25, -0.2) is 14.5 Å². The molecule has 1 atom stereocenters. The van der Waals surface area contributed by atoms with Gasteiger partial charge < -0.3 is 4.84 Å². The van der Waals surface area contributed by atoms with Gasteiger partial charge in [0.25, 0.3) is 0 Å². The number of aryl methyl sites for hydroxylation is 1. The summed E-state index contributed by atoms with van der Waals surface area (Å²) in [6.07, 6.45) is 6.74. The Bertz CT molecular complexity index is 1200. The Morgan fingerprint density at radius 2 is 2.29 bits per heavy atom. The Balaban J connectivity index is 1.41. The van der Waals surface area contributed by atoms with Gasteiger partial charge in [-0.3, -0.25) is 0 Å². The summed E-state index contributed by atoms with van der Waals surface area (Å²) in [6.45, 7) is 2.50. The minimum Gasteiger partial charge on any atom is -0.387 e. The van der Waals surface area contributed by atoms with Crippen LogP contribution >= 0.6 is 22.9 Å². The summed E-state index contributed by atoms with van der Waals surface area (Å²) in [7, 11) is 0. The van der Waals surface area contributed by atoms with Gasteiger partial charge in [-0.1, -0.05) is 41.9 Å². The van der Waals surface area contributed by atoms with E-state index in [1.165, 1.54) is 16.9 Å². The standard InChI is InChI=1S/C20H18ClN5OS/c1-12-6-7-14-16(8-12)28-20-18(14)19-24-17(25-26(19)11-22-20)10-27-23-9-13-4-2-3-5-15(13)21/h2-5,9,11-12H,6-8,10H2,1H3/b23-9+. The molecule has 5 rings (SSSR count). The summed E-state index contributed by atoms with van der Waals surface area (Å²) in [4.78, 5) is 17.2. The van der Waals surface area contributed by atoms with E-state index in [0.717, 1.165) is 40.2 Å². The average molecular weight is 412 g/mol. The first-order valence-corrected chi connectivity index (χ1v) is 10.4. The fraction of sp³-hybridized carbons (Fsp3) is 0.300. The lowest BCUT2D eigenvalue weighted by Gasteiger charge is -2.17. The van der Waals surface area contributed by atoms with Crippen LogP contribution in [-0.4, -0.2) is 25.8 Å². The van der Waals surface area contributed by atoms with Gasteiger partial charge in [0, 0.05) is 15.5 Å². The maximum atomic E-state index is 6.10. The number of halogens is 1. The molecule has 3 heterocycles. The predicted molar refractivity (Wildman–Crippen MR) is 111 cm³/mol. The van der Waals surface area contributed by atoms with Gasteiger partial charge >= 0.3 is 0 Å². The molecule has 0 fully saturated rings. The SMILES string of the molecule is CC1CCc2c(sc3ncn4nc(CO/N=C/c5ccccc5Cl)nc4c23)C1. The molecule has 0 aliphatic heterocycles. The molecule has 0 bridgehead atoms. The van der Waals surface area contributed by atoms with Crippen molar-refractivity contribution in [3.63, 3.8) is 0 Å². The second-order valence-electron chi connectivity index (χ2n) is 7.10. The lowest BCUT2D eigenvalue weighted by molar-refractivity contribution is 0.126. The van der Waals surface area contributed by atoms with Crippen molar-refractivity contribution < 1.29 is 4.84 Å². The summed E-state index contributed by atoms with van der Waals surface area (Å²) in [5.74, 6) is 1.31. The van der Waals surface area contributed by atoms with E-state index in [9.17, 15) is 0 Å². The van der Waals surface area contributed by atoms with Crippen molar-refractivity contribution >= 4 is 45.0 Å². The van der Waals surface area contributed by atoms with Crippen LogP contribution in [0.3, 0.4) is 0 Å². The number of fused-ring (bicyclic) bond motifs is 5. The van der Waals surface area contributed by atoms with E-state index < -0.39 is 0 Å². The average Bonchev–Trinajstić information content (AvgIpc) is 3.26. The first-order chi connectivity index (χ1) is 13.7. The third kappa shape index (κ3) is 3.14. The highest BCUT2D eigenvalue weighted by Crippen LogP contribution is 2.38. The molecule has 1 aliphatic rings. The van der Waals surface area contributed by atoms with E-state index in [-0.39, 0.29) is 6.61 Å². The van der Waals surface area contributed by atoms with Crippen molar-refractivity contribution in [2.45, 2.75) is 32.8 Å². The van der Waals surface area contributed by atoms with Crippen molar-refractivity contribution in [3.8, 4) is 0 Å². The first kappa shape index (κ1) is 17.6. The van der Waals surface area contributed by atoms with Gasteiger partial charge in [-0.2, -0.15) is 0 Å². The van der Waals surface area contributed by atoms with Crippen molar-refractivity contribution in [2.24, 2.45) is 11.1 Å². The zero-order valence-corrected chi connectivity index (χ0v) is 16.9. The second kappa shape index (κ2) is 7.14. The summed E-state index contributed by atoms with van der Waals surface area (Å²) in [5, 5.41) is 10.3. The third-order valence-electron chi connectivity index (χ3n) is 5.04. The van der Waals surface area contributed by atoms with Crippen molar-refractivity contribution in [3.05, 3.63) is 57.4 Å². The van der Waals surface area contributed by atoms with E-state index >= 15 is 0 Å². The Morgan fingerprint density at radius 1 is 1.39 bits per heavy atom. The van der Waals surface area contributed by atoms with Crippen LogP contribution in [0.5, 0.6) is 0 Å². The molecule has 142 valence electrons. The van der Waals surface area contributed by atoms with Crippen LogP contribution in [0.15, 0.2) is 35.7 Å². The maximum Gasteiger partial charge on any atom is 0.192 e. The molecule has 0 spiro atoms. The van der Waals surface area contributed by atoms with Crippen LogP contribution < -0.4 is 0 Å². The molecule has 0 saturated heterocycles. The summed E-state index contributed by atoms with van der Waals surface area (Å²) < 4.78 is 1.74. The Kier molecular flexibility index (Phi) is 4.49. The van der Waals surface area contributed by atoms with Crippen LogP contribution in [0.4, 0.5) is 0 Å². The number of aromatic nitrogens is 4. The van der Waals surface area contributed by atoms with E-state index in [1.54, 1.807) is 28.4 Å². The van der Waals surface area contributed by atoms with Gasteiger partial charge in [-0.05, 0) is 36.8 Å². The van der Waals surface area contributed by atoms with Crippen LogP contribution in [-0.2, 0) is 24.3 Å². The third-order valence-corrected chi connectivity index (χ3v) is 6.55. The van der Waals surface area contributed by atoms with Gasteiger partial charge in [-0.15, -0.1) is 16.4 Å². The van der Waals surface area contributed by atoms with Crippen LogP contribution in [0.1, 0.15) is 35.2 Å². The van der Waals surface area contributed by atoms with Crippen molar-refractivity contribution in [1.82, 2.24) is 19.6 Å². The monoisotopic (exact) mass is 411 g/mol. The molecule has 6 nitrogen and oxygen atoms in total. The van der Waals surface area contributed by atoms with E-state index in [0.29, 0.717) is 10.8 Å². The largest absolute Gasteiger partial charge is 0.387 e. The number of rotatable bonds is 4. The zero-order valence-electron chi connectivity index (χ0n) is 15.3. The summed E-state index contributed by atoms with van der Waals surface area (Å²) in [5.41, 5.74) is 3.05. The minimum atomic E-state index is 0.188. The smallest absolute Gasteiger partial charge is 0.192 e. The van der Waals surface area contributed by atoms with Crippen LogP contribution in [0, 0.1) is 5.92 Å². The van der Waals surface area contributed by atoms with Gasteiger partial charge in [0.15, 0.2) is 18.1 Å². The van der Waals surface area contributed by atoms with Crippen molar-refractivity contribution in [1.29, 1.82) is 0 Å². The maximum absolute atomic E-state index is 6.10. The van der Waals surface area contributed by atoms with Gasteiger partial charge in [0.1, 0.15) is 11.2 Å². The van der Waals surface area contributed by atoms with Crippen molar-refractivity contribution in [2.75, 3.05) is 0 Å². The zero-order chi connectivity index (χ0) is 19.1. The molecule has 0 amide bonds. The molecular weight excluding hydrogens is 394 g/mol. The highest BCUT2D eigenvalue weighted by Gasteiger charge is 2.23. The Labute approximate surface area is 170 Å². The van der Waals surface area contributed by atoms with Gasteiger partial charge in [0.05, 0.1) is 11.6 Å². The molecule has 1 aromatic carbocycles. The fourth-order valence-electron chi connectivity index (χ4n) is 3.61. The highest BCUT2D eigenvalue weighted by atomic mass is 35.5. The minimum absolute atomic E-state index is 0.188. The molecule has 0 N–H and O–H groups in total. The first-order valence-electron chi connectivity index (χ1n) is 9.23. The number of oxime groups is 1. The molecule has 3 aromatic heterocycles. The van der Waals surface area contributed by atoms with Crippen LogP contribution in [0.25, 0.3) is 15.9 Å². The molecule has 1 aliphatic carbocycles. The Morgan fingerprint density at radius 3 is 3.18 bits per heavy atom. The molecular formula is C20H18ClN5OS. The van der Waals surface area contributed by atoms with E-state index in [4.69, 9.17) is 21.4 Å². The molecule has 8 heteroatoms. The highest BCUT2D eigenvalue weighted by molar-refractivity contribution is 7.19. The number of nitrogens with zero attached hydrogens (tertiary/aromatic N) is 5. The summed E-state index contributed by atoms with van der Waals surface area (Å²) in [6, 6.07) is 7.46.